The van der Waals surface area contributed by atoms with Gasteiger partial charge in [-0.05, 0) is 30.2 Å². The Morgan fingerprint density at radius 3 is 2.36 bits per heavy atom. The standard InChI is InChI=1S/C17H18BrN3O/c1-12(22)20-16(19)21-17(2,13-7-4-3-5-8-13)14-9-6-10-15(18)11-14/h3-11H,1-2H3,(H3,19,20,21,22). The lowest BCUT2D eigenvalue weighted by atomic mass is 9.85. The normalized spacial score (nSPS) is 14.2. The minimum Gasteiger partial charge on any atom is -0.370 e. The van der Waals surface area contributed by atoms with Crippen molar-refractivity contribution in [1.29, 1.82) is 0 Å². The van der Waals surface area contributed by atoms with Crippen molar-refractivity contribution in [2.45, 2.75) is 19.4 Å². The molecule has 114 valence electrons. The predicted molar refractivity (Wildman–Crippen MR) is 92.5 cm³/mol. The fraction of sp³-hybridized carbons (Fsp3) is 0.176. The molecule has 0 fully saturated rings. The summed E-state index contributed by atoms with van der Waals surface area (Å²) in [5.74, 6) is -0.148. The lowest BCUT2D eigenvalue weighted by molar-refractivity contribution is -0.117. The van der Waals surface area contributed by atoms with E-state index >= 15 is 0 Å². The predicted octanol–water partition coefficient (Wildman–Crippen LogP) is 3.16. The number of nitrogens with one attached hydrogen (secondary N) is 1. The second kappa shape index (κ2) is 6.75. The highest BCUT2D eigenvalue weighted by Gasteiger charge is 2.29. The fourth-order valence-corrected chi connectivity index (χ4v) is 2.70. The number of hydrogen-bond donors (Lipinski definition) is 2. The lowest BCUT2D eigenvalue weighted by Gasteiger charge is -2.27. The number of guanidine groups is 1. The smallest absolute Gasteiger partial charge is 0.223 e. The molecule has 0 radical (unpaired) electrons. The van der Waals surface area contributed by atoms with Gasteiger partial charge in [-0.25, -0.2) is 4.99 Å². The van der Waals surface area contributed by atoms with Crippen LogP contribution >= 0.6 is 15.9 Å². The number of benzene rings is 2. The molecule has 0 saturated heterocycles. The molecule has 5 heteroatoms. The molecule has 0 spiro atoms. The first-order chi connectivity index (χ1) is 10.4. The third kappa shape index (κ3) is 3.74. The third-order valence-electron chi connectivity index (χ3n) is 3.37. The van der Waals surface area contributed by atoms with Crippen LogP contribution in [0.2, 0.25) is 0 Å². The molecule has 22 heavy (non-hydrogen) atoms. The molecule has 2 aromatic carbocycles. The number of halogens is 1. The van der Waals surface area contributed by atoms with E-state index in [2.05, 4.69) is 26.2 Å². The van der Waals surface area contributed by atoms with E-state index < -0.39 is 5.54 Å². The van der Waals surface area contributed by atoms with Crippen LogP contribution in [-0.4, -0.2) is 11.9 Å². The average molecular weight is 360 g/mol. The summed E-state index contributed by atoms with van der Waals surface area (Å²) in [7, 11) is 0. The van der Waals surface area contributed by atoms with Crippen LogP contribution < -0.4 is 11.1 Å². The summed E-state index contributed by atoms with van der Waals surface area (Å²) in [4.78, 5) is 15.8. The maximum Gasteiger partial charge on any atom is 0.223 e. The zero-order valence-corrected chi connectivity index (χ0v) is 14.1. The van der Waals surface area contributed by atoms with Gasteiger partial charge in [0.1, 0.15) is 5.54 Å². The van der Waals surface area contributed by atoms with E-state index in [1.807, 2.05) is 61.5 Å². The average Bonchev–Trinajstić information content (AvgIpc) is 2.47. The molecule has 0 aliphatic heterocycles. The number of nitrogens with zero attached hydrogens (tertiary/aromatic N) is 1. The van der Waals surface area contributed by atoms with Gasteiger partial charge in [-0.1, -0.05) is 58.4 Å². The maximum atomic E-state index is 11.2. The van der Waals surface area contributed by atoms with Crippen molar-refractivity contribution in [3.8, 4) is 0 Å². The number of amides is 1. The number of nitrogens with two attached hydrogens (primary N) is 1. The summed E-state index contributed by atoms with van der Waals surface area (Å²) in [5.41, 5.74) is 7.14. The van der Waals surface area contributed by atoms with E-state index in [9.17, 15) is 4.79 Å². The summed E-state index contributed by atoms with van der Waals surface area (Å²) in [6.07, 6.45) is 0. The summed E-state index contributed by atoms with van der Waals surface area (Å²) < 4.78 is 0.959. The van der Waals surface area contributed by atoms with Crippen molar-refractivity contribution in [3.05, 3.63) is 70.2 Å². The largest absolute Gasteiger partial charge is 0.370 e. The number of aliphatic imine (C=N–C) groups is 1. The van der Waals surface area contributed by atoms with E-state index in [4.69, 9.17) is 5.73 Å². The van der Waals surface area contributed by atoms with E-state index in [-0.39, 0.29) is 11.9 Å². The van der Waals surface area contributed by atoms with Gasteiger partial charge in [-0.2, -0.15) is 0 Å². The minimum atomic E-state index is -0.697. The van der Waals surface area contributed by atoms with Crippen LogP contribution in [0.5, 0.6) is 0 Å². The minimum absolute atomic E-state index is 0.0961. The number of hydrogen-bond acceptors (Lipinski definition) is 2. The third-order valence-corrected chi connectivity index (χ3v) is 3.86. The lowest BCUT2D eigenvalue weighted by Crippen LogP contribution is -2.38. The van der Waals surface area contributed by atoms with Crippen LogP contribution in [0, 0.1) is 0 Å². The Bertz CT molecular complexity index is 700. The maximum absolute atomic E-state index is 11.2. The molecule has 0 heterocycles. The van der Waals surface area contributed by atoms with Crippen molar-refractivity contribution in [3.63, 3.8) is 0 Å². The fourth-order valence-electron chi connectivity index (χ4n) is 2.30. The molecule has 1 amide bonds. The van der Waals surface area contributed by atoms with Crippen molar-refractivity contribution >= 4 is 27.8 Å². The molecule has 0 aliphatic rings. The topological polar surface area (TPSA) is 67.5 Å². The Labute approximate surface area is 138 Å². The second-order valence-corrected chi connectivity index (χ2v) is 6.04. The van der Waals surface area contributed by atoms with E-state index in [0.29, 0.717) is 0 Å². The van der Waals surface area contributed by atoms with Gasteiger partial charge in [0.25, 0.3) is 0 Å². The van der Waals surface area contributed by atoms with Crippen LogP contribution in [0.15, 0.2) is 64.1 Å². The van der Waals surface area contributed by atoms with Gasteiger partial charge >= 0.3 is 0 Å². The van der Waals surface area contributed by atoms with Crippen LogP contribution in [0.3, 0.4) is 0 Å². The molecule has 2 rings (SSSR count). The summed E-state index contributed by atoms with van der Waals surface area (Å²) in [5, 5.41) is 2.53. The first kappa shape index (κ1) is 16.2. The molecule has 0 bridgehead atoms. The van der Waals surface area contributed by atoms with Gasteiger partial charge < -0.3 is 5.73 Å². The highest BCUT2D eigenvalue weighted by Crippen LogP contribution is 2.34. The van der Waals surface area contributed by atoms with Gasteiger partial charge in [0.15, 0.2) is 5.96 Å². The Morgan fingerprint density at radius 2 is 1.77 bits per heavy atom. The Hall–Kier alpha value is -2.14. The SMILES string of the molecule is CC(=O)NC(N)=NC(C)(c1ccccc1)c1cccc(Br)c1. The molecule has 0 aliphatic carbocycles. The molecule has 1 atom stereocenters. The molecular formula is C17H18BrN3O. The zero-order chi connectivity index (χ0) is 16.2. The quantitative estimate of drug-likeness (QED) is 0.652. The second-order valence-electron chi connectivity index (χ2n) is 5.13. The first-order valence-electron chi connectivity index (χ1n) is 6.86. The van der Waals surface area contributed by atoms with Gasteiger partial charge in [-0.15, -0.1) is 0 Å². The zero-order valence-electron chi connectivity index (χ0n) is 12.5. The van der Waals surface area contributed by atoms with Crippen LogP contribution in [0.25, 0.3) is 0 Å². The molecular weight excluding hydrogens is 342 g/mol. The molecule has 0 saturated carbocycles. The molecule has 1 unspecified atom stereocenters. The van der Waals surface area contributed by atoms with Crippen LogP contribution in [0.1, 0.15) is 25.0 Å². The summed E-state index contributed by atoms with van der Waals surface area (Å²) in [6.45, 7) is 3.38. The molecule has 0 aromatic heterocycles. The number of rotatable bonds is 3. The van der Waals surface area contributed by atoms with Crippen molar-refractivity contribution in [1.82, 2.24) is 5.32 Å². The number of carbonyl (C=O) groups is 1. The van der Waals surface area contributed by atoms with Gasteiger partial charge in [-0.3, -0.25) is 10.1 Å². The van der Waals surface area contributed by atoms with Crippen molar-refractivity contribution in [2.75, 3.05) is 0 Å². The van der Waals surface area contributed by atoms with E-state index in [1.54, 1.807) is 0 Å². The van der Waals surface area contributed by atoms with E-state index in [1.165, 1.54) is 6.92 Å². The van der Waals surface area contributed by atoms with Gasteiger partial charge in [0, 0.05) is 11.4 Å². The Balaban J connectivity index is 2.57. The van der Waals surface area contributed by atoms with Gasteiger partial charge in [0.2, 0.25) is 5.91 Å². The number of carbonyl (C=O) groups excluding carboxylic acids is 1. The highest BCUT2D eigenvalue weighted by atomic mass is 79.9. The van der Waals surface area contributed by atoms with Gasteiger partial charge in [0.05, 0.1) is 0 Å². The van der Waals surface area contributed by atoms with Crippen molar-refractivity contribution in [2.24, 2.45) is 10.7 Å². The summed E-state index contributed by atoms with van der Waals surface area (Å²) in [6, 6.07) is 17.7. The monoisotopic (exact) mass is 359 g/mol. The first-order valence-corrected chi connectivity index (χ1v) is 7.65. The Kier molecular flexibility index (Phi) is 4.98. The van der Waals surface area contributed by atoms with Crippen LogP contribution in [0.4, 0.5) is 0 Å². The van der Waals surface area contributed by atoms with Crippen molar-refractivity contribution < 1.29 is 4.79 Å². The molecule has 4 nitrogen and oxygen atoms in total. The van der Waals surface area contributed by atoms with Crippen LogP contribution in [-0.2, 0) is 10.3 Å². The molecule has 3 N–H and O–H groups in total. The Morgan fingerprint density at radius 1 is 1.14 bits per heavy atom. The molecule has 2 aromatic rings. The highest BCUT2D eigenvalue weighted by molar-refractivity contribution is 9.10. The van der Waals surface area contributed by atoms with E-state index in [0.717, 1.165) is 15.6 Å². The summed E-state index contributed by atoms with van der Waals surface area (Å²) >= 11 is 3.48.